The molecule has 0 aromatic carbocycles. The number of amides is 1. The average Bonchev–Trinajstić information content (AvgIpc) is 3.13. The minimum Gasteiger partial charge on any atom is -0.343 e. The first-order valence-corrected chi connectivity index (χ1v) is 6.00. The molecule has 8 nitrogen and oxygen atoms in total. The highest BCUT2D eigenvalue weighted by Gasteiger charge is 2.34. The van der Waals surface area contributed by atoms with Crippen molar-refractivity contribution >= 4 is 11.6 Å². The molecule has 1 amide bonds. The van der Waals surface area contributed by atoms with Crippen molar-refractivity contribution in [1.29, 1.82) is 0 Å². The molecule has 0 bridgehead atoms. The second-order valence-electron chi connectivity index (χ2n) is 4.27. The van der Waals surface area contributed by atoms with E-state index in [4.69, 9.17) is 0 Å². The van der Waals surface area contributed by atoms with E-state index in [-0.39, 0.29) is 23.7 Å². The molecule has 0 aliphatic rings. The van der Waals surface area contributed by atoms with Crippen LogP contribution in [0.25, 0.3) is 5.65 Å². The zero-order valence-electron chi connectivity index (χ0n) is 10.8. The Bertz CT molecular complexity index is 809. The summed E-state index contributed by atoms with van der Waals surface area (Å²) in [5.74, 6) is -0.365. The number of hydrogen-bond donors (Lipinski definition) is 2. The van der Waals surface area contributed by atoms with Crippen LogP contribution < -0.4 is 5.32 Å². The van der Waals surface area contributed by atoms with Crippen LogP contribution in [0.2, 0.25) is 0 Å². The Morgan fingerprint density at radius 3 is 2.86 bits per heavy atom. The topological polar surface area (TPSA) is 101 Å². The van der Waals surface area contributed by atoms with E-state index in [0.29, 0.717) is 0 Å². The molecular formula is C11H8F3N7O. The van der Waals surface area contributed by atoms with Crippen molar-refractivity contribution in [3.05, 3.63) is 41.6 Å². The molecule has 3 heterocycles. The normalized spacial score (nSPS) is 11.8. The lowest BCUT2D eigenvalue weighted by Crippen LogP contribution is -2.24. The van der Waals surface area contributed by atoms with E-state index in [1.165, 1.54) is 22.9 Å². The monoisotopic (exact) mass is 311 g/mol. The molecule has 114 valence electrons. The van der Waals surface area contributed by atoms with E-state index in [1.807, 2.05) is 0 Å². The fourth-order valence-electron chi connectivity index (χ4n) is 1.87. The van der Waals surface area contributed by atoms with Crippen LogP contribution in [0.15, 0.2) is 24.5 Å². The van der Waals surface area contributed by atoms with Crippen LogP contribution >= 0.6 is 0 Å². The molecule has 3 rings (SSSR count). The number of hydrogen-bond acceptors (Lipinski definition) is 5. The van der Waals surface area contributed by atoms with E-state index < -0.39 is 17.6 Å². The summed E-state index contributed by atoms with van der Waals surface area (Å²) in [7, 11) is 0. The van der Waals surface area contributed by atoms with E-state index >= 15 is 0 Å². The summed E-state index contributed by atoms with van der Waals surface area (Å²) in [6.45, 7) is -0.103. The molecule has 0 aliphatic carbocycles. The third kappa shape index (κ3) is 2.47. The maximum atomic E-state index is 12.9. The van der Waals surface area contributed by atoms with Crippen LogP contribution in [0.1, 0.15) is 21.9 Å². The van der Waals surface area contributed by atoms with Gasteiger partial charge in [0.1, 0.15) is 5.56 Å². The van der Waals surface area contributed by atoms with Crippen molar-refractivity contribution in [2.24, 2.45) is 0 Å². The number of fused-ring (bicyclic) bond motifs is 1. The lowest BCUT2D eigenvalue weighted by atomic mass is 10.2. The van der Waals surface area contributed by atoms with Crippen molar-refractivity contribution in [1.82, 2.24) is 35.3 Å². The summed E-state index contributed by atoms with van der Waals surface area (Å²) in [4.78, 5) is 11.7. The number of nitrogens with zero attached hydrogens (tertiary/aromatic N) is 5. The number of H-pyrrole nitrogens is 1. The second kappa shape index (κ2) is 5.09. The zero-order valence-corrected chi connectivity index (χ0v) is 10.8. The van der Waals surface area contributed by atoms with Crippen LogP contribution in [0.3, 0.4) is 0 Å². The molecule has 11 heteroatoms. The predicted octanol–water partition coefficient (Wildman–Crippen LogP) is 0.796. The third-order valence-corrected chi connectivity index (χ3v) is 2.87. The number of aromatic nitrogens is 6. The molecule has 0 aliphatic heterocycles. The Balaban J connectivity index is 1.85. The van der Waals surface area contributed by atoms with Gasteiger partial charge in [0.15, 0.2) is 17.2 Å². The number of halogens is 3. The predicted molar refractivity (Wildman–Crippen MR) is 65.5 cm³/mol. The van der Waals surface area contributed by atoms with Crippen molar-refractivity contribution in [3.8, 4) is 0 Å². The Kier molecular flexibility index (Phi) is 3.23. The number of rotatable bonds is 3. The van der Waals surface area contributed by atoms with Crippen molar-refractivity contribution in [3.63, 3.8) is 0 Å². The minimum absolute atomic E-state index is 0.0600. The number of alkyl halides is 3. The summed E-state index contributed by atoms with van der Waals surface area (Å²) < 4.78 is 39.7. The van der Waals surface area contributed by atoms with Gasteiger partial charge in [-0.25, -0.2) is 0 Å². The summed E-state index contributed by atoms with van der Waals surface area (Å²) in [5.41, 5.74) is -1.15. The molecule has 3 aromatic rings. The molecular weight excluding hydrogens is 303 g/mol. The molecule has 0 fully saturated rings. The summed E-state index contributed by atoms with van der Waals surface area (Å²) in [6.07, 6.45) is -1.92. The SMILES string of the molecule is O=C(NCc1nnc2c(C(F)(F)F)cccn12)c1cn[nH]n1. The Morgan fingerprint density at radius 2 is 2.18 bits per heavy atom. The Labute approximate surface area is 120 Å². The average molecular weight is 311 g/mol. The largest absolute Gasteiger partial charge is 0.420 e. The van der Waals surface area contributed by atoms with Gasteiger partial charge in [-0.3, -0.25) is 9.20 Å². The number of carbonyl (C=O) groups is 1. The van der Waals surface area contributed by atoms with Gasteiger partial charge in [-0.1, -0.05) is 0 Å². The van der Waals surface area contributed by atoms with E-state index in [0.717, 1.165) is 6.07 Å². The molecule has 2 N–H and O–H groups in total. The molecule has 3 aromatic heterocycles. The lowest BCUT2D eigenvalue weighted by Gasteiger charge is -2.07. The molecule has 0 unspecified atom stereocenters. The summed E-state index contributed by atoms with van der Waals surface area (Å²) in [6, 6.07) is 2.16. The zero-order chi connectivity index (χ0) is 15.7. The maximum Gasteiger partial charge on any atom is 0.420 e. The van der Waals surface area contributed by atoms with Gasteiger partial charge in [-0.2, -0.15) is 28.6 Å². The third-order valence-electron chi connectivity index (χ3n) is 2.87. The maximum absolute atomic E-state index is 12.9. The standard InChI is InChI=1S/C11H8F3N7O/c12-11(13,14)6-2-1-3-21-8(18-19-9(6)21)5-15-10(22)7-4-16-20-17-7/h1-4H,5H2,(H,15,22)(H,16,17,20). The van der Waals surface area contributed by atoms with Gasteiger partial charge in [-0.15, -0.1) is 10.2 Å². The van der Waals surface area contributed by atoms with Gasteiger partial charge in [-0.05, 0) is 12.1 Å². The van der Waals surface area contributed by atoms with Crippen LogP contribution in [0.4, 0.5) is 13.2 Å². The highest BCUT2D eigenvalue weighted by atomic mass is 19.4. The van der Waals surface area contributed by atoms with Gasteiger partial charge in [0.2, 0.25) is 0 Å². The van der Waals surface area contributed by atoms with Gasteiger partial charge < -0.3 is 5.32 Å². The fraction of sp³-hybridized carbons (Fsp3) is 0.182. The smallest absolute Gasteiger partial charge is 0.343 e. The van der Waals surface area contributed by atoms with Crippen molar-refractivity contribution in [2.45, 2.75) is 12.7 Å². The van der Waals surface area contributed by atoms with Gasteiger partial charge in [0, 0.05) is 6.20 Å². The van der Waals surface area contributed by atoms with Crippen LogP contribution in [0, 0.1) is 0 Å². The summed E-state index contributed by atoms with van der Waals surface area (Å²) >= 11 is 0. The minimum atomic E-state index is -4.53. The van der Waals surface area contributed by atoms with E-state index in [9.17, 15) is 18.0 Å². The van der Waals surface area contributed by atoms with Gasteiger partial charge in [0.05, 0.1) is 12.7 Å². The molecule has 22 heavy (non-hydrogen) atoms. The fourth-order valence-corrected chi connectivity index (χ4v) is 1.87. The van der Waals surface area contributed by atoms with Crippen molar-refractivity contribution in [2.75, 3.05) is 0 Å². The Morgan fingerprint density at radius 1 is 1.36 bits per heavy atom. The van der Waals surface area contributed by atoms with Crippen LogP contribution in [0.5, 0.6) is 0 Å². The Hall–Kier alpha value is -2.98. The first-order valence-electron chi connectivity index (χ1n) is 6.00. The quantitative estimate of drug-likeness (QED) is 0.745. The van der Waals surface area contributed by atoms with Gasteiger partial charge in [0.25, 0.3) is 5.91 Å². The molecule has 0 atom stereocenters. The highest BCUT2D eigenvalue weighted by Crippen LogP contribution is 2.31. The van der Waals surface area contributed by atoms with E-state index in [2.05, 4.69) is 30.9 Å². The number of nitrogens with one attached hydrogen (secondary N) is 2. The number of aromatic amines is 1. The van der Waals surface area contributed by atoms with E-state index in [1.54, 1.807) is 0 Å². The second-order valence-corrected chi connectivity index (χ2v) is 4.27. The van der Waals surface area contributed by atoms with Crippen molar-refractivity contribution < 1.29 is 18.0 Å². The first-order chi connectivity index (χ1) is 10.5. The molecule has 0 saturated carbocycles. The number of pyridine rings is 1. The molecule has 0 radical (unpaired) electrons. The molecule has 0 spiro atoms. The highest BCUT2D eigenvalue weighted by molar-refractivity contribution is 5.91. The number of carbonyl (C=O) groups excluding carboxylic acids is 1. The van der Waals surface area contributed by atoms with Crippen LogP contribution in [-0.2, 0) is 12.7 Å². The molecule has 0 saturated heterocycles. The summed E-state index contributed by atoms with van der Waals surface area (Å²) in [5, 5.41) is 19.0. The lowest BCUT2D eigenvalue weighted by molar-refractivity contribution is -0.136. The van der Waals surface area contributed by atoms with Crippen LogP contribution in [-0.4, -0.2) is 35.9 Å². The van der Waals surface area contributed by atoms with Gasteiger partial charge >= 0.3 is 6.18 Å². The first kappa shape index (κ1) is 14.0.